The predicted molar refractivity (Wildman–Crippen MR) is 71.3 cm³/mol. The average molecular weight is 238 g/mol. The van der Waals surface area contributed by atoms with Gasteiger partial charge in [-0.2, -0.15) is 0 Å². The van der Waals surface area contributed by atoms with Crippen molar-refractivity contribution in [3.05, 3.63) is 18.2 Å². The van der Waals surface area contributed by atoms with Crippen molar-refractivity contribution in [2.24, 2.45) is 11.8 Å². The zero-order valence-electron chi connectivity index (χ0n) is 11.3. The minimum Gasteiger partial charge on any atom is -0.334 e. The van der Waals surface area contributed by atoms with E-state index in [1.54, 1.807) is 0 Å². The second kappa shape index (κ2) is 7.45. The van der Waals surface area contributed by atoms with Crippen LogP contribution in [0.2, 0.25) is 0 Å². The molecule has 0 saturated heterocycles. The number of nitrogens with zero attached hydrogens (tertiary/aromatic N) is 2. The fourth-order valence-electron chi connectivity index (χ4n) is 2.36. The van der Waals surface area contributed by atoms with E-state index >= 15 is 0 Å². The standard InChI is InChI=1S/C13H26N4/c1-4-7-8-11(5-2)12(16-14)13-15-9-10-17(13)6-3/h9-12,16H,4-8,14H2,1-3H3. The molecule has 0 aliphatic rings. The first-order valence-electron chi connectivity index (χ1n) is 6.75. The van der Waals surface area contributed by atoms with Crippen molar-refractivity contribution in [2.75, 3.05) is 0 Å². The van der Waals surface area contributed by atoms with Gasteiger partial charge in [-0.15, -0.1) is 0 Å². The van der Waals surface area contributed by atoms with Crippen molar-refractivity contribution in [2.45, 2.75) is 59.0 Å². The number of imidazole rings is 1. The molecule has 4 nitrogen and oxygen atoms in total. The van der Waals surface area contributed by atoms with Crippen molar-refractivity contribution >= 4 is 0 Å². The number of nitrogens with two attached hydrogens (primary N) is 1. The zero-order chi connectivity index (χ0) is 12.7. The molecular weight excluding hydrogens is 212 g/mol. The molecule has 0 bridgehead atoms. The third-order valence-corrected chi connectivity index (χ3v) is 3.47. The fraction of sp³-hybridized carbons (Fsp3) is 0.769. The van der Waals surface area contributed by atoms with Crippen LogP contribution >= 0.6 is 0 Å². The molecular formula is C13H26N4. The van der Waals surface area contributed by atoms with Gasteiger partial charge in [0.05, 0.1) is 6.04 Å². The summed E-state index contributed by atoms with van der Waals surface area (Å²) in [5.74, 6) is 7.36. The van der Waals surface area contributed by atoms with Crippen LogP contribution in [0.25, 0.3) is 0 Å². The lowest BCUT2D eigenvalue weighted by Crippen LogP contribution is -2.35. The highest BCUT2D eigenvalue weighted by Crippen LogP contribution is 2.27. The second-order valence-electron chi connectivity index (χ2n) is 4.53. The summed E-state index contributed by atoms with van der Waals surface area (Å²) < 4.78 is 2.17. The lowest BCUT2D eigenvalue weighted by Gasteiger charge is -2.25. The maximum atomic E-state index is 5.73. The fourth-order valence-corrected chi connectivity index (χ4v) is 2.36. The summed E-state index contributed by atoms with van der Waals surface area (Å²) in [6, 6.07) is 0.168. The van der Waals surface area contributed by atoms with Gasteiger partial charge in [0.1, 0.15) is 5.82 Å². The quantitative estimate of drug-likeness (QED) is 0.540. The Morgan fingerprint density at radius 2 is 2.18 bits per heavy atom. The zero-order valence-corrected chi connectivity index (χ0v) is 11.3. The minimum absolute atomic E-state index is 0.168. The number of unbranched alkanes of at least 4 members (excludes halogenated alkanes) is 1. The van der Waals surface area contributed by atoms with Crippen molar-refractivity contribution in [1.82, 2.24) is 15.0 Å². The first-order valence-corrected chi connectivity index (χ1v) is 6.75. The minimum atomic E-state index is 0.168. The Bertz CT molecular complexity index is 308. The van der Waals surface area contributed by atoms with Crippen LogP contribution in [0.15, 0.2) is 12.4 Å². The molecule has 1 heterocycles. The van der Waals surface area contributed by atoms with Gasteiger partial charge in [-0.1, -0.05) is 33.1 Å². The van der Waals surface area contributed by atoms with Gasteiger partial charge in [-0.05, 0) is 19.3 Å². The van der Waals surface area contributed by atoms with Crippen molar-refractivity contribution < 1.29 is 0 Å². The number of nitrogens with one attached hydrogen (secondary N) is 1. The first-order chi connectivity index (χ1) is 8.28. The number of hydrogen-bond donors (Lipinski definition) is 2. The number of hydrazine groups is 1. The summed E-state index contributed by atoms with van der Waals surface area (Å²) >= 11 is 0. The molecule has 0 amide bonds. The largest absolute Gasteiger partial charge is 0.334 e. The lowest BCUT2D eigenvalue weighted by molar-refractivity contribution is 0.308. The Morgan fingerprint density at radius 1 is 1.41 bits per heavy atom. The highest BCUT2D eigenvalue weighted by molar-refractivity contribution is 5.01. The van der Waals surface area contributed by atoms with E-state index in [-0.39, 0.29) is 6.04 Å². The van der Waals surface area contributed by atoms with E-state index < -0.39 is 0 Å². The Hall–Kier alpha value is -0.870. The molecule has 0 aromatic carbocycles. The normalized spacial score (nSPS) is 14.8. The van der Waals surface area contributed by atoms with Crippen LogP contribution in [0.5, 0.6) is 0 Å². The number of rotatable bonds is 8. The maximum absolute atomic E-state index is 5.73. The molecule has 2 unspecified atom stereocenters. The molecule has 0 spiro atoms. The molecule has 98 valence electrons. The van der Waals surface area contributed by atoms with Crippen LogP contribution in [0.3, 0.4) is 0 Å². The number of aryl methyl sites for hydroxylation is 1. The van der Waals surface area contributed by atoms with Gasteiger partial charge in [0, 0.05) is 18.9 Å². The summed E-state index contributed by atoms with van der Waals surface area (Å²) in [5.41, 5.74) is 2.96. The molecule has 3 N–H and O–H groups in total. The Labute approximate surface area is 105 Å². The molecule has 17 heavy (non-hydrogen) atoms. The van der Waals surface area contributed by atoms with E-state index in [2.05, 4.69) is 35.7 Å². The van der Waals surface area contributed by atoms with Gasteiger partial charge in [0.25, 0.3) is 0 Å². The van der Waals surface area contributed by atoms with Gasteiger partial charge in [0.15, 0.2) is 0 Å². The highest BCUT2D eigenvalue weighted by atomic mass is 15.3. The molecule has 2 atom stereocenters. The molecule has 0 radical (unpaired) electrons. The Kier molecular flexibility index (Phi) is 6.22. The van der Waals surface area contributed by atoms with Gasteiger partial charge in [-0.3, -0.25) is 5.84 Å². The Balaban J connectivity index is 2.81. The van der Waals surface area contributed by atoms with Crippen molar-refractivity contribution in [3.8, 4) is 0 Å². The van der Waals surface area contributed by atoms with Crippen LogP contribution < -0.4 is 11.3 Å². The Morgan fingerprint density at radius 3 is 2.71 bits per heavy atom. The van der Waals surface area contributed by atoms with Crippen molar-refractivity contribution in [1.29, 1.82) is 0 Å². The summed E-state index contributed by atoms with van der Waals surface area (Å²) in [6.45, 7) is 7.53. The molecule has 0 aliphatic carbocycles. The van der Waals surface area contributed by atoms with Crippen molar-refractivity contribution in [3.63, 3.8) is 0 Å². The van der Waals surface area contributed by atoms with E-state index in [9.17, 15) is 0 Å². The third-order valence-electron chi connectivity index (χ3n) is 3.47. The summed E-state index contributed by atoms with van der Waals surface area (Å²) in [6.07, 6.45) is 8.70. The van der Waals surface area contributed by atoms with E-state index in [1.807, 2.05) is 12.4 Å². The molecule has 1 aromatic rings. The van der Waals surface area contributed by atoms with E-state index in [1.165, 1.54) is 19.3 Å². The maximum Gasteiger partial charge on any atom is 0.127 e. The average Bonchev–Trinajstić information content (AvgIpc) is 2.82. The predicted octanol–water partition coefficient (Wildman–Crippen LogP) is 2.62. The van der Waals surface area contributed by atoms with Crippen LogP contribution in [-0.4, -0.2) is 9.55 Å². The SMILES string of the molecule is CCCCC(CC)C(NN)c1nccn1CC. The monoisotopic (exact) mass is 238 g/mol. The van der Waals surface area contributed by atoms with Crippen LogP contribution in [0.1, 0.15) is 58.3 Å². The summed E-state index contributed by atoms with van der Waals surface area (Å²) in [7, 11) is 0. The molecule has 0 saturated carbocycles. The smallest absolute Gasteiger partial charge is 0.127 e. The van der Waals surface area contributed by atoms with Crippen LogP contribution in [0.4, 0.5) is 0 Å². The number of hydrogen-bond acceptors (Lipinski definition) is 3. The lowest BCUT2D eigenvalue weighted by atomic mass is 9.91. The number of aromatic nitrogens is 2. The van der Waals surface area contributed by atoms with E-state index in [4.69, 9.17) is 5.84 Å². The van der Waals surface area contributed by atoms with Gasteiger partial charge in [-0.25, -0.2) is 10.4 Å². The molecule has 0 aliphatic heterocycles. The molecule has 0 fully saturated rings. The summed E-state index contributed by atoms with van der Waals surface area (Å²) in [5, 5.41) is 0. The van der Waals surface area contributed by atoms with E-state index in [0.717, 1.165) is 18.8 Å². The van der Waals surface area contributed by atoms with Crippen LogP contribution in [-0.2, 0) is 6.54 Å². The van der Waals surface area contributed by atoms with Crippen LogP contribution in [0, 0.1) is 5.92 Å². The van der Waals surface area contributed by atoms with Gasteiger partial charge in [0.2, 0.25) is 0 Å². The van der Waals surface area contributed by atoms with E-state index in [0.29, 0.717) is 5.92 Å². The first kappa shape index (κ1) is 14.2. The molecule has 1 aromatic heterocycles. The van der Waals surface area contributed by atoms with Gasteiger partial charge < -0.3 is 4.57 Å². The van der Waals surface area contributed by atoms with Gasteiger partial charge >= 0.3 is 0 Å². The molecule has 4 heteroatoms. The second-order valence-corrected chi connectivity index (χ2v) is 4.53. The topological polar surface area (TPSA) is 55.9 Å². The molecule has 1 rings (SSSR count). The summed E-state index contributed by atoms with van der Waals surface area (Å²) in [4.78, 5) is 4.46. The highest BCUT2D eigenvalue weighted by Gasteiger charge is 2.23. The third kappa shape index (κ3) is 3.54.